The van der Waals surface area contributed by atoms with Gasteiger partial charge in [0.2, 0.25) is 5.78 Å². The Morgan fingerprint density at radius 3 is 2.31 bits per heavy atom. The van der Waals surface area contributed by atoms with E-state index in [4.69, 9.17) is 13.7 Å². The minimum absolute atomic E-state index is 0.0276. The van der Waals surface area contributed by atoms with E-state index in [1.807, 2.05) is 93.6 Å². The van der Waals surface area contributed by atoms with E-state index in [0.717, 1.165) is 16.5 Å². The van der Waals surface area contributed by atoms with Crippen molar-refractivity contribution in [1.29, 1.82) is 0 Å². The van der Waals surface area contributed by atoms with Gasteiger partial charge in [-0.3, -0.25) is 14.5 Å². The molecule has 9 nitrogen and oxygen atoms in total. The van der Waals surface area contributed by atoms with Crippen LogP contribution in [-0.2, 0) is 17.5 Å². The molecule has 3 aliphatic carbocycles. The lowest BCUT2D eigenvalue weighted by Gasteiger charge is -2.55. The van der Waals surface area contributed by atoms with Crippen LogP contribution in [0.25, 0.3) is 10.8 Å². The predicted octanol–water partition coefficient (Wildman–Crippen LogP) is 7.87. The van der Waals surface area contributed by atoms with E-state index in [0.29, 0.717) is 35.1 Å². The molecule has 0 amide bonds. The number of hydrogen-bond acceptors (Lipinski definition) is 9. The van der Waals surface area contributed by atoms with Crippen LogP contribution in [0.3, 0.4) is 0 Å². The number of benzene rings is 3. The fourth-order valence-electron chi connectivity index (χ4n) is 8.02. The highest BCUT2D eigenvalue weighted by Crippen LogP contribution is 2.60. The number of phenols is 1. The zero-order valence-corrected chi connectivity index (χ0v) is 30.4. The molecule has 1 heterocycles. The predicted molar refractivity (Wildman–Crippen MR) is 189 cm³/mol. The molecule has 0 spiro atoms. The number of aryl methyl sites for hydroxylation is 1. The van der Waals surface area contributed by atoms with Gasteiger partial charge in [0.1, 0.15) is 23.7 Å². The molecule has 49 heavy (non-hydrogen) atoms. The van der Waals surface area contributed by atoms with Gasteiger partial charge in [0.15, 0.2) is 25.5 Å². The third kappa shape index (κ3) is 4.82. The number of aliphatic hydroxyl groups excluding tert-OH is 1. The van der Waals surface area contributed by atoms with Crippen molar-refractivity contribution in [1.82, 2.24) is 10.1 Å². The van der Waals surface area contributed by atoms with Gasteiger partial charge in [-0.2, -0.15) is 0 Å². The molecule has 256 valence electrons. The average molecular weight is 681 g/mol. The monoisotopic (exact) mass is 680 g/mol. The molecule has 0 fully saturated rings. The molecule has 1 aromatic heterocycles. The first-order valence-electron chi connectivity index (χ1n) is 16.9. The summed E-state index contributed by atoms with van der Waals surface area (Å²) in [4.78, 5) is 32.0. The Hall–Kier alpha value is -4.25. The average Bonchev–Trinajstić information content (AvgIpc) is 3.47. The van der Waals surface area contributed by atoms with Gasteiger partial charge in [-0.25, -0.2) is 0 Å². The molecular weight excluding hydrogens is 637 g/mol. The zero-order valence-electron chi connectivity index (χ0n) is 29.4. The smallest absolute Gasteiger partial charge is 0.265 e. The van der Waals surface area contributed by atoms with E-state index < -0.39 is 37.6 Å². The lowest BCUT2D eigenvalue weighted by atomic mass is 9.58. The number of fused-ring (bicyclic) bond motifs is 5. The molecular formula is C39H44N2O7Si. The number of allylic oxidation sites excluding steroid dienone is 1. The molecule has 3 aromatic carbocycles. The lowest BCUT2D eigenvalue weighted by molar-refractivity contribution is -0.0480. The summed E-state index contributed by atoms with van der Waals surface area (Å²) >= 11 is 0. The second kappa shape index (κ2) is 11.4. The highest BCUT2D eigenvalue weighted by atomic mass is 28.4. The van der Waals surface area contributed by atoms with Crippen LogP contribution in [0.2, 0.25) is 18.1 Å². The number of ether oxygens (including phenoxy) is 1. The molecule has 3 aliphatic rings. The summed E-state index contributed by atoms with van der Waals surface area (Å²) in [5.41, 5.74) is 0.970. The SMILES string of the molecule is Cc1c2c(c(O)c3ccccc13)C[C@H]1C[C@H]3[C@H](N(C)C)c4onc(OCc5ccccc5)c4C(=O)[C@@]3(O[Si](C)(C)C(C)(C)C)C(O)=C1C2=O. The minimum Gasteiger partial charge on any atom is -0.508 e. The number of hydrogen-bond donors (Lipinski definition) is 2. The van der Waals surface area contributed by atoms with Crippen LogP contribution >= 0.6 is 0 Å². The van der Waals surface area contributed by atoms with Crippen molar-refractivity contribution in [3.63, 3.8) is 0 Å². The normalized spacial score (nSPS) is 23.7. The fraction of sp³-hybridized carbons (Fsp3) is 0.410. The molecule has 4 atom stereocenters. The molecule has 0 saturated carbocycles. The standard InChI is InChI=1S/C39H44N2O7Si/c1-21-24-16-12-13-17-25(24)32(42)26-18-23-19-27-31(41(5)6)34-30(37(40-47-34)46-20-22-14-10-9-11-15-22)36(45)39(27,48-49(7,8)38(2,3)4)35(44)29(23)33(43)28(21)26/h9-17,23,27,31,42,44H,18-20H2,1-8H3/t23-,27-,31-,39-/m0/s1. The van der Waals surface area contributed by atoms with Gasteiger partial charge >= 0.3 is 0 Å². The minimum atomic E-state index is -2.83. The van der Waals surface area contributed by atoms with Crippen molar-refractivity contribution in [3.8, 4) is 11.6 Å². The largest absolute Gasteiger partial charge is 0.508 e. The van der Waals surface area contributed by atoms with Gasteiger partial charge in [0.25, 0.3) is 5.88 Å². The first-order chi connectivity index (χ1) is 23.1. The second-order valence-corrected chi connectivity index (χ2v) is 20.3. The Kier molecular flexibility index (Phi) is 7.74. The number of aromatic nitrogens is 1. The summed E-state index contributed by atoms with van der Waals surface area (Å²) in [7, 11) is 0.962. The number of carbonyl (C=O) groups excluding carboxylic acids is 2. The van der Waals surface area contributed by atoms with Crippen molar-refractivity contribution >= 4 is 30.7 Å². The summed E-state index contributed by atoms with van der Waals surface area (Å²) in [6, 6.07) is 16.5. The molecule has 0 radical (unpaired) electrons. The van der Waals surface area contributed by atoms with E-state index in [-0.39, 0.29) is 46.0 Å². The summed E-state index contributed by atoms with van der Waals surface area (Å²) in [6.45, 7) is 12.4. The third-order valence-corrected chi connectivity index (χ3v) is 15.9. The summed E-state index contributed by atoms with van der Waals surface area (Å²) in [5.74, 6) is -1.90. The van der Waals surface area contributed by atoms with Crippen molar-refractivity contribution in [2.45, 2.75) is 76.9 Å². The maximum Gasteiger partial charge on any atom is 0.265 e. The zero-order chi connectivity index (χ0) is 35.2. The van der Waals surface area contributed by atoms with Crippen molar-refractivity contribution < 1.29 is 33.5 Å². The maximum absolute atomic E-state index is 15.3. The highest BCUT2D eigenvalue weighted by Gasteiger charge is 2.67. The van der Waals surface area contributed by atoms with Crippen LogP contribution < -0.4 is 4.74 Å². The van der Waals surface area contributed by atoms with Crippen LogP contribution in [0, 0.1) is 18.8 Å². The first kappa shape index (κ1) is 33.3. The molecule has 0 unspecified atom stereocenters. The number of ketones is 2. The van der Waals surface area contributed by atoms with Crippen LogP contribution in [-0.4, -0.2) is 59.8 Å². The van der Waals surface area contributed by atoms with Gasteiger partial charge in [0.05, 0.1) is 6.04 Å². The molecule has 0 bridgehead atoms. The molecule has 4 aromatic rings. The number of carbonyl (C=O) groups is 2. The Morgan fingerprint density at radius 2 is 1.65 bits per heavy atom. The van der Waals surface area contributed by atoms with Gasteiger partial charge in [-0.05, 0) is 79.6 Å². The van der Waals surface area contributed by atoms with Crippen molar-refractivity contribution in [2.24, 2.45) is 11.8 Å². The van der Waals surface area contributed by atoms with E-state index in [2.05, 4.69) is 25.9 Å². The Morgan fingerprint density at radius 1 is 1.00 bits per heavy atom. The molecule has 7 rings (SSSR count). The van der Waals surface area contributed by atoms with Gasteiger partial charge in [0, 0.05) is 28.0 Å². The summed E-state index contributed by atoms with van der Waals surface area (Å²) < 4.78 is 19.3. The Bertz CT molecular complexity index is 2040. The quantitative estimate of drug-likeness (QED) is 0.196. The van der Waals surface area contributed by atoms with Gasteiger partial charge in [-0.1, -0.05) is 75.4 Å². The Labute approximate surface area is 287 Å². The summed E-state index contributed by atoms with van der Waals surface area (Å²) in [6.07, 6.45) is 0.660. The van der Waals surface area contributed by atoms with Crippen LogP contribution in [0.4, 0.5) is 0 Å². The Balaban J connectivity index is 1.46. The number of phenolic OH excluding ortho intramolecular Hbond substituents is 1. The highest BCUT2D eigenvalue weighted by molar-refractivity contribution is 6.74. The number of aliphatic hydroxyl groups is 1. The van der Waals surface area contributed by atoms with E-state index in [1.165, 1.54) is 0 Å². The molecule has 0 saturated heterocycles. The molecule has 0 aliphatic heterocycles. The van der Waals surface area contributed by atoms with E-state index >= 15 is 4.79 Å². The van der Waals surface area contributed by atoms with E-state index in [1.54, 1.807) is 0 Å². The lowest BCUT2D eigenvalue weighted by Crippen LogP contribution is -2.65. The second-order valence-electron chi connectivity index (χ2n) is 15.5. The topological polar surface area (TPSA) is 122 Å². The number of nitrogens with zero attached hydrogens (tertiary/aromatic N) is 2. The van der Waals surface area contributed by atoms with Crippen LogP contribution in [0.15, 0.2) is 70.5 Å². The number of rotatable bonds is 6. The number of aromatic hydroxyl groups is 1. The van der Waals surface area contributed by atoms with Crippen LogP contribution in [0.5, 0.6) is 11.6 Å². The van der Waals surface area contributed by atoms with Gasteiger partial charge < -0.3 is 23.9 Å². The molecule has 2 N–H and O–H groups in total. The first-order valence-corrected chi connectivity index (χ1v) is 19.8. The van der Waals surface area contributed by atoms with Crippen molar-refractivity contribution in [3.05, 3.63) is 99.5 Å². The third-order valence-electron chi connectivity index (χ3n) is 11.4. The molecule has 10 heteroatoms. The maximum atomic E-state index is 15.3. The number of Topliss-reactive ketones (excluding diaryl/α,β-unsaturated/α-hetero) is 2. The van der Waals surface area contributed by atoms with E-state index in [9.17, 15) is 15.0 Å². The summed E-state index contributed by atoms with van der Waals surface area (Å²) in [5, 5.41) is 29.6. The van der Waals surface area contributed by atoms with Gasteiger partial charge in [-0.15, -0.1) is 0 Å². The fourth-order valence-corrected chi connectivity index (χ4v) is 9.47. The van der Waals surface area contributed by atoms with Crippen molar-refractivity contribution in [2.75, 3.05) is 14.1 Å². The van der Waals surface area contributed by atoms with Crippen LogP contribution in [0.1, 0.15) is 76.4 Å².